The molecule has 2 aromatic rings. The van der Waals surface area contributed by atoms with Crippen molar-refractivity contribution in [2.45, 2.75) is 0 Å². The number of aryl methyl sites for hydroxylation is 1. The summed E-state index contributed by atoms with van der Waals surface area (Å²) in [6.07, 6.45) is 3.53. The molecule has 2 aromatic heterocycles. The number of H-pyrrole nitrogens is 1. The van der Waals surface area contributed by atoms with E-state index in [9.17, 15) is 0 Å². The van der Waals surface area contributed by atoms with E-state index in [1.807, 2.05) is 19.3 Å². The molecule has 0 radical (unpaired) electrons. The molecule has 0 saturated heterocycles. The van der Waals surface area contributed by atoms with E-state index in [1.54, 1.807) is 10.9 Å². The highest BCUT2D eigenvalue weighted by atomic mass is 15.3. The lowest BCUT2D eigenvalue weighted by atomic mass is 10.2. The summed E-state index contributed by atoms with van der Waals surface area (Å²) in [6, 6.07) is 1.89. The summed E-state index contributed by atoms with van der Waals surface area (Å²) in [5.41, 5.74) is 7.29. The third-order valence-corrected chi connectivity index (χ3v) is 1.66. The minimum Gasteiger partial charge on any atom is -0.384 e. The average molecular weight is 163 g/mol. The van der Waals surface area contributed by atoms with E-state index in [0.717, 1.165) is 11.3 Å². The molecular weight excluding hydrogens is 154 g/mol. The molecule has 0 bridgehead atoms. The number of anilines is 1. The smallest absolute Gasteiger partial charge is 0.128 e. The number of nitrogen functional groups attached to an aromatic ring is 1. The van der Waals surface area contributed by atoms with Gasteiger partial charge in [0.2, 0.25) is 0 Å². The van der Waals surface area contributed by atoms with Crippen molar-refractivity contribution in [3.8, 4) is 11.3 Å². The Bertz CT molecular complexity index is 386. The van der Waals surface area contributed by atoms with Crippen LogP contribution in [0.1, 0.15) is 0 Å². The van der Waals surface area contributed by atoms with Gasteiger partial charge in [0, 0.05) is 13.2 Å². The van der Waals surface area contributed by atoms with Gasteiger partial charge in [0.05, 0.1) is 17.5 Å². The number of hydrogen-bond acceptors (Lipinski definition) is 3. The van der Waals surface area contributed by atoms with Crippen LogP contribution in [0.4, 0.5) is 5.82 Å². The van der Waals surface area contributed by atoms with Gasteiger partial charge in [-0.15, -0.1) is 0 Å². The molecular formula is C7H9N5. The predicted octanol–water partition coefficient (Wildman–Crippen LogP) is 0.392. The monoisotopic (exact) mass is 163 g/mol. The van der Waals surface area contributed by atoms with Crippen molar-refractivity contribution >= 4 is 5.82 Å². The van der Waals surface area contributed by atoms with Crippen LogP contribution in [-0.2, 0) is 7.05 Å². The van der Waals surface area contributed by atoms with Crippen molar-refractivity contribution in [3.05, 3.63) is 18.5 Å². The zero-order valence-electron chi connectivity index (χ0n) is 6.65. The fraction of sp³-hybridized carbons (Fsp3) is 0.143. The topological polar surface area (TPSA) is 72.5 Å². The second kappa shape index (κ2) is 2.37. The summed E-state index contributed by atoms with van der Waals surface area (Å²) >= 11 is 0. The Hall–Kier alpha value is -1.78. The molecule has 5 nitrogen and oxygen atoms in total. The number of hydrogen-bond donors (Lipinski definition) is 2. The van der Waals surface area contributed by atoms with E-state index in [2.05, 4.69) is 15.3 Å². The predicted molar refractivity (Wildman–Crippen MR) is 45.2 cm³/mol. The fourth-order valence-corrected chi connectivity index (χ4v) is 1.06. The van der Waals surface area contributed by atoms with E-state index in [0.29, 0.717) is 5.82 Å². The standard InChI is InChI=1S/C7H9N5/c1-12-3-2-6(11-12)5-4-9-10-7(5)8/h2-4H,1H3,(H3,8,9,10). The first kappa shape index (κ1) is 6.90. The van der Waals surface area contributed by atoms with Crippen molar-refractivity contribution in [2.24, 2.45) is 7.05 Å². The largest absolute Gasteiger partial charge is 0.384 e. The van der Waals surface area contributed by atoms with Crippen LogP contribution in [0.3, 0.4) is 0 Å². The molecule has 3 N–H and O–H groups in total. The molecule has 0 aliphatic rings. The molecule has 0 saturated carbocycles. The highest BCUT2D eigenvalue weighted by Gasteiger charge is 2.06. The van der Waals surface area contributed by atoms with Gasteiger partial charge in [-0.05, 0) is 6.07 Å². The second-order valence-corrected chi connectivity index (χ2v) is 2.57. The number of rotatable bonds is 1. The quantitative estimate of drug-likeness (QED) is 0.638. The highest BCUT2D eigenvalue weighted by molar-refractivity contribution is 5.69. The summed E-state index contributed by atoms with van der Waals surface area (Å²) in [6.45, 7) is 0. The Morgan fingerprint density at radius 1 is 1.58 bits per heavy atom. The van der Waals surface area contributed by atoms with Crippen LogP contribution in [0.5, 0.6) is 0 Å². The molecule has 2 rings (SSSR count). The maximum absolute atomic E-state index is 5.61. The maximum Gasteiger partial charge on any atom is 0.128 e. The van der Waals surface area contributed by atoms with Crippen LogP contribution in [0.15, 0.2) is 18.5 Å². The summed E-state index contributed by atoms with van der Waals surface area (Å²) in [4.78, 5) is 0. The van der Waals surface area contributed by atoms with Crippen molar-refractivity contribution in [1.29, 1.82) is 0 Å². The second-order valence-electron chi connectivity index (χ2n) is 2.57. The molecule has 2 heterocycles. The Morgan fingerprint density at radius 2 is 2.42 bits per heavy atom. The molecule has 0 unspecified atom stereocenters. The molecule has 0 aliphatic heterocycles. The van der Waals surface area contributed by atoms with Gasteiger partial charge in [-0.3, -0.25) is 9.78 Å². The maximum atomic E-state index is 5.61. The zero-order chi connectivity index (χ0) is 8.55. The lowest BCUT2D eigenvalue weighted by Crippen LogP contribution is -1.90. The molecule has 0 amide bonds. The molecule has 62 valence electrons. The first-order valence-electron chi connectivity index (χ1n) is 3.56. The van der Waals surface area contributed by atoms with Gasteiger partial charge in [0.25, 0.3) is 0 Å². The van der Waals surface area contributed by atoms with Gasteiger partial charge in [0.15, 0.2) is 0 Å². The summed E-state index contributed by atoms with van der Waals surface area (Å²) < 4.78 is 1.72. The highest BCUT2D eigenvalue weighted by Crippen LogP contribution is 2.20. The Morgan fingerprint density at radius 3 is 2.92 bits per heavy atom. The normalized spacial score (nSPS) is 10.4. The lowest BCUT2D eigenvalue weighted by molar-refractivity contribution is 0.771. The zero-order valence-corrected chi connectivity index (χ0v) is 6.65. The van der Waals surface area contributed by atoms with Gasteiger partial charge in [-0.1, -0.05) is 0 Å². The van der Waals surface area contributed by atoms with Gasteiger partial charge in [-0.25, -0.2) is 0 Å². The van der Waals surface area contributed by atoms with Gasteiger partial charge in [0.1, 0.15) is 5.82 Å². The van der Waals surface area contributed by atoms with Crippen LogP contribution in [0.25, 0.3) is 11.3 Å². The molecule has 5 heteroatoms. The number of aromatic amines is 1. The van der Waals surface area contributed by atoms with Crippen LogP contribution in [0.2, 0.25) is 0 Å². The number of nitrogens with zero attached hydrogens (tertiary/aromatic N) is 3. The van der Waals surface area contributed by atoms with Crippen LogP contribution < -0.4 is 5.73 Å². The summed E-state index contributed by atoms with van der Waals surface area (Å²) in [5, 5.41) is 10.7. The Labute approximate surface area is 69.2 Å². The van der Waals surface area contributed by atoms with Crippen molar-refractivity contribution in [2.75, 3.05) is 5.73 Å². The van der Waals surface area contributed by atoms with Crippen LogP contribution >= 0.6 is 0 Å². The summed E-state index contributed by atoms with van der Waals surface area (Å²) in [5.74, 6) is 0.550. The van der Waals surface area contributed by atoms with Gasteiger partial charge in [-0.2, -0.15) is 10.2 Å². The third-order valence-electron chi connectivity index (χ3n) is 1.66. The number of nitrogens with two attached hydrogens (primary N) is 1. The van der Waals surface area contributed by atoms with E-state index in [4.69, 9.17) is 5.73 Å². The molecule has 0 aromatic carbocycles. The number of aromatic nitrogens is 4. The SMILES string of the molecule is Cn1ccc(-c2cn[nH]c2N)n1. The summed E-state index contributed by atoms with van der Waals surface area (Å²) in [7, 11) is 1.86. The van der Waals surface area contributed by atoms with Crippen molar-refractivity contribution < 1.29 is 0 Å². The average Bonchev–Trinajstić information content (AvgIpc) is 2.58. The van der Waals surface area contributed by atoms with Crippen molar-refractivity contribution in [1.82, 2.24) is 20.0 Å². The van der Waals surface area contributed by atoms with Gasteiger partial charge < -0.3 is 5.73 Å². The van der Waals surface area contributed by atoms with E-state index in [-0.39, 0.29) is 0 Å². The Balaban J connectivity index is 2.50. The van der Waals surface area contributed by atoms with Crippen molar-refractivity contribution in [3.63, 3.8) is 0 Å². The lowest BCUT2D eigenvalue weighted by Gasteiger charge is -1.91. The van der Waals surface area contributed by atoms with E-state index < -0.39 is 0 Å². The first-order chi connectivity index (χ1) is 5.77. The van der Waals surface area contributed by atoms with E-state index >= 15 is 0 Å². The molecule has 0 aliphatic carbocycles. The fourth-order valence-electron chi connectivity index (χ4n) is 1.06. The van der Waals surface area contributed by atoms with E-state index in [1.165, 1.54) is 0 Å². The molecule has 0 fully saturated rings. The minimum atomic E-state index is 0.550. The first-order valence-corrected chi connectivity index (χ1v) is 3.56. The molecule has 12 heavy (non-hydrogen) atoms. The van der Waals surface area contributed by atoms with Gasteiger partial charge >= 0.3 is 0 Å². The third kappa shape index (κ3) is 0.952. The van der Waals surface area contributed by atoms with Crippen LogP contribution in [-0.4, -0.2) is 20.0 Å². The number of nitrogens with one attached hydrogen (secondary N) is 1. The molecule has 0 spiro atoms. The molecule has 0 atom stereocenters. The van der Waals surface area contributed by atoms with Crippen LogP contribution in [0, 0.1) is 0 Å². The Kier molecular flexibility index (Phi) is 1.36. The minimum absolute atomic E-state index is 0.550.